The first-order valence-corrected chi connectivity index (χ1v) is 34.9. The molecule has 87 heavy (non-hydrogen) atoms. The number of rotatable bonds is 9. The van der Waals surface area contributed by atoms with Gasteiger partial charge in [0.05, 0.1) is 47.2 Å². The average molecular weight is 1240 g/mol. The molecule has 12 rings (SSSR count). The molecule has 2 aliphatic heterocycles. The van der Waals surface area contributed by atoms with Gasteiger partial charge in [0.1, 0.15) is 17.9 Å². The first-order chi connectivity index (χ1) is 41.5. The van der Waals surface area contributed by atoms with Crippen molar-refractivity contribution in [2.75, 3.05) is 31.3 Å². The number of fused-ring (bicyclic) bond motifs is 10. The number of benzene rings is 1. The van der Waals surface area contributed by atoms with Crippen molar-refractivity contribution in [2.45, 2.75) is 183 Å². The number of guanidine groups is 1. The quantitative estimate of drug-likeness (QED) is 0.0317. The topological polar surface area (TPSA) is 315 Å². The smallest absolute Gasteiger partial charge is 0.314 e. The predicted octanol–water partition coefficient (Wildman–Crippen LogP) is 6.53. The summed E-state index contributed by atoms with van der Waals surface area (Å²) in [5.74, 6) is 1.32. The van der Waals surface area contributed by atoms with Crippen LogP contribution in [0.1, 0.15) is 153 Å². The normalized spacial score (nSPS) is 45.4. The Morgan fingerprint density at radius 3 is 2.40 bits per heavy atom. The molecule has 7 fully saturated rings. The molecule has 0 radical (unpaired) electrons. The number of nitrogens with zero attached hydrogens (tertiary/aromatic N) is 1. The van der Waals surface area contributed by atoms with Crippen molar-refractivity contribution in [1.29, 1.82) is 0 Å². The lowest BCUT2D eigenvalue weighted by Gasteiger charge is -2.64. The number of nitrogens with one attached hydrogen (secondary N) is 2. The molecule has 5 saturated carbocycles. The summed E-state index contributed by atoms with van der Waals surface area (Å²) in [7, 11) is 2.97. The van der Waals surface area contributed by atoms with Gasteiger partial charge in [0.2, 0.25) is 0 Å². The molecule has 474 valence electrons. The SMILES string of the molecule is CC[C@@H]1OC(=O)[C@H](c2cc[nH]c2)[C@H]1[C@H]1C#CC[C@@H]2C[C@@]3(O)C4=C5N[C@@H](CO)C(=O)C[C@@H](c6ccc(O)cc6)CSSC[C@H]6[C@@H](O)[C@@H](O)C[C@@](C)([C@@H]6C5=O)[C@H]4CC[C@]3(CCN=C(N)N)[C@H]2[C@@](C)(O)[C@@]2(O)CC[C@@]3(C1)[C@H]1C[C@H](C)CCC1=CC[C@H]3[C@H](CO)C2. The molecule has 17 nitrogen and oxygen atoms in total. The van der Waals surface area contributed by atoms with Crippen LogP contribution in [0.5, 0.6) is 5.75 Å². The molecule has 2 aromatic rings. The Bertz CT molecular complexity index is 3100. The fourth-order valence-electron chi connectivity index (χ4n) is 21.1. The second-order valence-corrected chi connectivity index (χ2v) is 31.7. The van der Waals surface area contributed by atoms with Gasteiger partial charge in [-0.25, -0.2) is 0 Å². The van der Waals surface area contributed by atoms with E-state index in [0.717, 1.165) is 30.4 Å². The van der Waals surface area contributed by atoms with Gasteiger partial charge < -0.3 is 67.4 Å². The van der Waals surface area contributed by atoms with Crippen LogP contribution in [-0.4, -0.2) is 142 Å². The number of allylic oxidation sites excluding steroid dienone is 3. The van der Waals surface area contributed by atoms with Crippen LogP contribution in [0.25, 0.3) is 0 Å². The highest BCUT2D eigenvalue weighted by molar-refractivity contribution is 8.76. The molecule has 14 N–H and O–H groups in total. The number of ketones is 2. The Morgan fingerprint density at radius 1 is 0.920 bits per heavy atom. The lowest BCUT2D eigenvalue weighted by molar-refractivity contribution is -0.229. The number of aromatic hydroxyl groups is 1. The van der Waals surface area contributed by atoms with Gasteiger partial charge in [-0.15, -0.1) is 5.92 Å². The second kappa shape index (κ2) is 23.7. The van der Waals surface area contributed by atoms with Crippen LogP contribution in [-0.2, 0) is 19.1 Å². The zero-order valence-electron chi connectivity index (χ0n) is 50.9. The maximum Gasteiger partial charge on any atom is 0.314 e. The van der Waals surface area contributed by atoms with Gasteiger partial charge in [-0.05, 0) is 178 Å². The Balaban J connectivity index is 1.07. The summed E-state index contributed by atoms with van der Waals surface area (Å²) in [6, 6.07) is 7.28. The largest absolute Gasteiger partial charge is 0.508 e. The van der Waals surface area contributed by atoms with E-state index >= 15 is 9.90 Å². The Morgan fingerprint density at radius 2 is 1.69 bits per heavy atom. The first-order valence-electron chi connectivity index (χ1n) is 32.4. The van der Waals surface area contributed by atoms with E-state index < -0.39 is 117 Å². The van der Waals surface area contributed by atoms with Crippen LogP contribution in [0, 0.1) is 93.2 Å². The first kappa shape index (κ1) is 62.8. The summed E-state index contributed by atoms with van der Waals surface area (Å²) in [4.78, 5) is 53.5. The Kier molecular flexibility index (Phi) is 17.1. The number of nitrogens with two attached hydrogens (primary N) is 2. The number of ether oxygens (including phenoxy) is 1. The van der Waals surface area contributed by atoms with E-state index in [1.54, 1.807) is 31.2 Å². The highest BCUT2D eigenvalue weighted by atomic mass is 33.1. The molecule has 1 spiro atoms. The van der Waals surface area contributed by atoms with Crippen molar-refractivity contribution in [3.8, 4) is 17.6 Å². The number of hydrogen-bond acceptors (Lipinski definition) is 16. The predicted molar refractivity (Wildman–Crippen MR) is 333 cm³/mol. The highest BCUT2D eigenvalue weighted by Crippen LogP contribution is 2.74. The molecule has 4 bridgehead atoms. The average Bonchev–Trinajstić information content (AvgIpc) is 1.63. The Labute approximate surface area is 519 Å². The van der Waals surface area contributed by atoms with Crippen LogP contribution in [0.15, 0.2) is 70.6 Å². The van der Waals surface area contributed by atoms with Crippen molar-refractivity contribution in [2.24, 2.45) is 97.8 Å². The summed E-state index contributed by atoms with van der Waals surface area (Å²) >= 11 is 0. The van der Waals surface area contributed by atoms with E-state index in [0.29, 0.717) is 49.3 Å². The highest BCUT2D eigenvalue weighted by Gasteiger charge is 2.76. The minimum absolute atomic E-state index is 0.00361. The summed E-state index contributed by atoms with van der Waals surface area (Å²) < 4.78 is 6.37. The van der Waals surface area contributed by atoms with Gasteiger partial charge in [0.15, 0.2) is 17.5 Å². The van der Waals surface area contributed by atoms with Crippen LogP contribution < -0.4 is 16.8 Å². The van der Waals surface area contributed by atoms with Gasteiger partial charge in [-0.2, -0.15) is 0 Å². The molecule has 0 unspecified atom stereocenters. The number of aromatic nitrogens is 1. The van der Waals surface area contributed by atoms with Crippen LogP contribution >= 0.6 is 21.6 Å². The summed E-state index contributed by atoms with van der Waals surface area (Å²) in [6.07, 6.45) is 9.29. The third-order valence-electron chi connectivity index (χ3n) is 25.0. The maximum absolute atomic E-state index is 16.4. The number of aliphatic hydroxyl groups excluding tert-OH is 4. The number of H-pyrrole nitrogens is 1. The zero-order chi connectivity index (χ0) is 61.8. The van der Waals surface area contributed by atoms with Crippen LogP contribution in [0.3, 0.4) is 0 Å². The van der Waals surface area contributed by atoms with Crippen LogP contribution in [0.2, 0.25) is 0 Å². The summed E-state index contributed by atoms with van der Waals surface area (Å²) in [5.41, 5.74) is 6.67. The summed E-state index contributed by atoms with van der Waals surface area (Å²) in [5, 5.41) is 105. The summed E-state index contributed by atoms with van der Waals surface area (Å²) in [6.45, 7) is 7.10. The number of aliphatic hydroxyl groups is 7. The molecule has 10 aliphatic rings. The molecular weight excluding hydrogens is 1140 g/mol. The molecule has 3 heterocycles. The third-order valence-corrected chi connectivity index (χ3v) is 27.5. The van der Waals surface area contributed by atoms with Crippen molar-refractivity contribution in [3.63, 3.8) is 0 Å². The van der Waals surface area contributed by atoms with E-state index in [4.69, 9.17) is 16.2 Å². The minimum Gasteiger partial charge on any atom is -0.508 e. The number of hydrogen-bond donors (Lipinski definition) is 12. The molecule has 23 atom stereocenters. The number of carbonyl (C=O) groups is 3. The number of phenolic OH excluding ortho intramolecular Hbond substituents is 1. The number of phenols is 1. The van der Waals surface area contributed by atoms with Crippen molar-refractivity contribution >= 4 is 45.1 Å². The van der Waals surface area contributed by atoms with Gasteiger partial charge in [0, 0.05) is 90.8 Å². The number of cyclic esters (lactones) is 1. The number of aliphatic imine (C=N–C) groups is 1. The van der Waals surface area contributed by atoms with Crippen molar-refractivity contribution in [1.82, 2.24) is 10.3 Å². The third kappa shape index (κ3) is 10.2. The van der Waals surface area contributed by atoms with Crippen molar-refractivity contribution < 1.29 is 60.0 Å². The second-order valence-electron chi connectivity index (χ2n) is 29.1. The number of carbonyl (C=O) groups excluding carboxylic acids is 3. The zero-order valence-corrected chi connectivity index (χ0v) is 52.5. The minimum atomic E-state index is -2.03. The molecule has 0 amide bonds. The number of Topliss-reactive ketones (excluding diaryl/α,β-unsaturated/α-hetero) is 2. The standard InChI is InChI=1S/C68H93N5O12S2/c1-5-52-53(54(61(81)85-52)41-18-23-71-31-41)39-7-6-8-40-29-68(84)56-47(63(3)30-51(78)58(79)45-35-87-86-34-42(37-11-14-44(76)15-12-37)26-50(77)49(33-75)73-57(56)59(80)55(45)63)17-19-66(68,22-24-72-62(69)70)60(40)64(4,82)67(83)21-20-65(27-39)46(43(28-67)32-74)16-13-38-10-9-36(2)25-48(38)65/h11-15,18,23,31,36,39-40,42-43,45-49,51-55,58,60,71,73-76,78-79,82-84H,5,8-10,16-17,19-22,24-30,32-35H2,1-4H3,(H4,69,70,72)/t36-,39+,40-,42-,43+,45-,46+,47+,48+,49+,51+,52+,53+,54-,55+,58-,60-,63-,64-,65+,66+,67-,68-/m1/s1. The fraction of sp³-hybridized carbons (Fsp3) is 0.706. The lowest BCUT2D eigenvalue weighted by atomic mass is 9.42. The maximum atomic E-state index is 16.4. The van der Waals surface area contributed by atoms with Gasteiger partial charge >= 0.3 is 5.97 Å². The molecular formula is C68H93N5O12S2. The van der Waals surface area contributed by atoms with Gasteiger partial charge in [-0.3, -0.25) is 19.4 Å². The molecule has 1 aromatic heterocycles. The van der Waals surface area contributed by atoms with E-state index in [2.05, 4.69) is 40.1 Å². The Hall–Kier alpha value is -4.36. The van der Waals surface area contributed by atoms with E-state index in [9.17, 15) is 45.3 Å². The van der Waals surface area contributed by atoms with Gasteiger partial charge in [-0.1, -0.05) is 72.1 Å². The van der Waals surface area contributed by atoms with E-state index in [1.165, 1.54) is 27.2 Å². The molecule has 1 aromatic carbocycles. The number of aromatic amines is 1. The number of esters is 1. The molecule has 2 saturated heterocycles. The van der Waals surface area contributed by atoms with E-state index in [1.807, 2.05) is 32.3 Å². The molecule has 8 aliphatic carbocycles. The van der Waals surface area contributed by atoms with E-state index in [-0.39, 0.29) is 123 Å². The van der Waals surface area contributed by atoms with Crippen molar-refractivity contribution in [3.05, 3.63) is 76.8 Å². The molecule has 19 heteroatoms. The lowest BCUT2D eigenvalue weighted by Crippen LogP contribution is -2.68. The fourth-order valence-corrected chi connectivity index (χ4v) is 23.8. The van der Waals surface area contributed by atoms with Crippen LogP contribution in [0.4, 0.5) is 0 Å². The monoisotopic (exact) mass is 1240 g/mol. The van der Waals surface area contributed by atoms with Gasteiger partial charge in [0.25, 0.3) is 0 Å².